The quantitative estimate of drug-likeness (QED) is 0.403. The van der Waals surface area contributed by atoms with Crippen LogP contribution in [-0.4, -0.2) is 18.0 Å². The highest BCUT2D eigenvalue weighted by molar-refractivity contribution is 5.83. The molecule has 0 radical (unpaired) electrons. The molecule has 0 spiro atoms. The number of rotatable bonds is 0. The molecule has 0 amide bonds. The highest BCUT2D eigenvalue weighted by Crippen LogP contribution is 2.35. The van der Waals surface area contributed by atoms with E-state index in [1.807, 2.05) is 0 Å². The molecule has 2 fully saturated rings. The molecule has 1 heterocycles. The van der Waals surface area contributed by atoms with E-state index in [-0.39, 0.29) is 0 Å². The molecule has 0 bridgehead atoms. The second-order valence-electron chi connectivity index (χ2n) is 2.16. The Balaban J connectivity index is 2.14. The third-order valence-electron chi connectivity index (χ3n) is 1.55. The Labute approximate surface area is 41.5 Å². The molecule has 2 aliphatic rings. The zero-order chi connectivity index (χ0) is 4.85. The first-order chi connectivity index (χ1) is 3.36. The summed E-state index contributed by atoms with van der Waals surface area (Å²) in [5, 5.41) is 0. The smallest absolute Gasteiger partial charge is 0.138 e. The lowest BCUT2D eigenvalue weighted by atomic mass is 10.3. The number of ether oxygens (including phenoxy) is 1. The van der Waals surface area contributed by atoms with Crippen LogP contribution in [0.1, 0.15) is 12.8 Å². The molecule has 2 rings (SSSR count). The number of Topliss-reactive ketones (excluding diaryl/α,β-unsaturated/α-hetero) is 1. The molecule has 1 saturated heterocycles. The van der Waals surface area contributed by atoms with E-state index in [1.165, 1.54) is 0 Å². The van der Waals surface area contributed by atoms with Crippen LogP contribution in [0.2, 0.25) is 0 Å². The van der Waals surface area contributed by atoms with E-state index in [4.69, 9.17) is 4.74 Å². The van der Waals surface area contributed by atoms with E-state index >= 15 is 0 Å². The third-order valence-corrected chi connectivity index (χ3v) is 1.55. The normalized spacial score (nSPS) is 46.6. The fourth-order valence-electron chi connectivity index (χ4n) is 1.07. The molecule has 0 aromatic rings. The maximum absolute atomic E-state index is 10.4. The fraction of sp³-hybridized carbons (Fsp3) is 0.800. The fourth-order valence-corrected chi connectivity index (χ4v) is 1.07. The van der Waals surface area contributed by atoms with Gasteiger partial charge in [0.05, 0.1) is 12.2 Å². The van der Waals surface area contributed by atoms with Crippen molar-refractivity contribution >= 4 is 5.78 Å². The Morgan fingerprint density at radius 1 is 1.43 bits per heavy atom. The molecule has 2 nitrogen and oxygen atoms in total. The third kappa shape index (κ3) is 0.399. The minimum Gasteiger partial charge on any atom is -0.369 e. The summed E-state index contributed by atoms with van der Waals surface area (Å²) in [4.78, 5) is 10.4. The molecular formula is C5H6O2. The van der Waals surface area contributed by atoms with Gasteiger partial charge >= 0.3 is 0 Å². The van der Waals surface area contributed by atoms with Gasteiger partial charge < -0.3 is 4.74 Å². The van der Waals surface area contributed by atoms with Gasteiger partial charge in [0.15, 0.2) is 0 Å². The van der Waals surface area contributed by atoms with Crippen molar-refractivity contribution in [2.75, 3.05) is 0 Å². The van der Waals surface area contributed by atoms with Gasteiger partial charge in [-0.3, -0.25) is 4.79 Å². The van der Waals surface area contributed by atoms with Crippen LogP contribution in [0.15, 0.2) is 0 Å². The number of fused-ring (bicyclic) bond motifs is 1. The zero-order valence-electron chi connectivity index (χ0n) is 3.89. The van der Waals surface area contributed by atoms with E-state index in [0.717, 1.165) is 0 Å². The van der Waals surface area contributed by atoms with Crippen molar-refractivity contribution in [1.82, 2.24) is 0 Å². The minimum absolute atomic E-state index is 0.340. The number of carbonyl (C=O) groups is 1. The maximum atomic E-state index is 10.4. The van der Waals surface area contributed by atoms with Gasteiger partial charge in [-0.2, -0.15) is 0 Å². The van der Waals surface area contributed by atoms with E-state index in [1.54, 1.807) is 0 Å². The lowest BCUT2D eigenvalue weighted by Crippen LogP contribution is -1.93. The Kier molecular flexibility index (Phi) is 0.460. The average molecular weight is 98.1 g/mol. The predicted molar refractivity (Wildman–Crippen MR) is 22.9 cm³/mol. The monoisotopic (exact) mass is 98.0 g/mol. The van der Waals surface area contributed by atoms with Crippen molar-refractivity contribution in [2.45, 2.75) is 25.0 Å². The van der Waals surface area contributed by atoms with Crippen LogP contribution in [0.3, 0.4) is 0 Å². The van der Waals surface area contributed by atoms with E-state index in [9.17, 15) is 4.79 Å². The lowest BCUT2D eigenvalue weighted by Gasteiger charge is -1.83. The van der Waals surface area contributed by atoms with Gasteiger partial charge in [0.1, 0.15) is 5.78 Å². The molecular weight excluding hydrogens is 92.1 g/mol. The Morgan fingerprint density at radius 2 is 2.00 bits per heavy atom. The molecule has 1 saturated carbocycles. The van der Waals surface area contributed by atoms with Crippen molar-refractivity contribution in [3.8, 4) is 0 Å². The standard InChI is InChI=1S/C5H6O2/c6-3-1-4-5(2-3)7-4/h4-5H,1-2H2/t4-,5+. The van der Waals surface area contributed by atoms with Gasteiger partial charge in [-0.15, -0.1) is 0 Å². The molecule has 2 heteroatoms. The summed E-state index contributed by atoms with van der Waals surface area (Å²) < 4.78 is 5.00. The molecule has 2 atom stereocenters. The Hall–Kier alpha value is -0.370. The van der Waals surface area contributed by atoms with E-state index in [0.29, 0.717) is 30.8 Å². The van der Waals surface area contributed by atoms with Crippen molar-refractivity contribution in [2.24, 2.45) is 0 Å². The van der Waals surface area contributed by atoms with Crippen LogP contribution in [0.25, 0.3) is 0 Å². The van der Waals surface area contributed by atoms with Crippen molar-refractivity contribution in [1.29, 1.82) is 0 Å². The first-order valence-electron chi connectivity index (χ1n) is 2.53. The Bertz CT molecular complexity index is 107. The number of epoxide rings is 1. The summed E-state index contributed by atoms with van der Waals surface area (Å²) in [6.07, 6.45) is 2.05. The number of hydrogen-bond donors (Lipinski definition) is 0. The van der Waals surface area contributed by atoms with Crippen LogP contribution in [0, 0.1) is 0 Å². The van der Waals surface area contributed by atoms with Crippen molar-refractivity contribution in [3.63, 3.8) is 0 Å². The molecule has 38 valence electrons. The highest BCUT2D eigenvalue weighted by Gasteiger charge is 2.47. The van der Waals surface area contributed by atoms with Gasteiger partial charge in [0, 0.05) is 12.8 Å². The first kappa shape index (κ1) is 3.61. The van der Waals surface area contributed by atoms with Crippen molar-refractivity contribution < 1.29 is 9.53 Å². The molecule has 7 heavy (non-hydrogen) atoms. The zero-order valence-corrected chi connectivity index (χ0v) is 3.89. The molecule has 1 aliphatic heterocycles. The van der Waals surface area contributed by atoms with Crippen LogP contribution < -0.4 is 0 Å². The molecule has 1 aliphatic carbocycles. The van der Waals surface area contributed by atoms with Gasteiger partial charge in [0.25, 0.3) is 0 Å². The molecule has 0 N–H and O–H groups in total. The lowest BCUT2D eigenvalue weighted by molar-refractivity contribution is -0.119. The second-order valence-corrected chi connectivity index (χ2v) is 2.16. The van der Waals surface area contributed by atoms with Crippen LogP contribution >= 0.6 is 0 Å². The summed E-state index contributed by atoms with van der Waals surface area (Å²) in [5.41, 5.74) is 0. The number of hydrogen-bond acceptors (Lipinski definition) is 2. The van der Waals surface area contributed by atoms with Crippen molar-refractivity contribution in [3.05, 3.63) is 0 Å². The predicted octanol–water partition coefficient (Wildman–Crippen LogP) is 0.117. The minimum atomic E-state index is 0.340. The topological polar surface area (TPSA) is 29.6 Å². The molecule has 0 aromatic heterocycles. The largest absolute Gasteiger partial charge is 0.369 e. The van der Waals surface area contributed by atoms with Gasteiger partial charge in [-0.25, -0.2) is 0 Å². The SMILES string of the molecule is O=C1C[C@@H]2O[C@@H]2C1. The molecule has 0 unspecified atom stereocenters. The van der Waals surface area contributed by atoms with E-state index < -0.39 is 0 Å². The van der Waals surface area contributed by atoms with Crippen LogP contribution in [0.4, 0.5) is 0 Å². The molecule has 0 aromatic carbocycles. The summed E-state index contributed by atoms with van der Waals surface area (Å²) >= 11 is 0. The van der Waals surface area contributed by atoms with Crippen LogP contribution in [-0.2, 0) is 9.53 Å². The van der Waals surface area contributed by atoms with Gasteiger partial charge in [-0.1, -0.05) is 0 Å². The summed E-state index contributed by atoms with van der Waals surface area (Å²) in [5.74, 6) is 0.376. The summed E-state index contributed by atoms with van der Waals surface area (Å²) in [7, 11) is 0. The average Bonchev–Trinajstić information content (AvgIpc) is 2.15. The highest BCUT2D eigenvalue weighted by atomic mass is 16.6. The number of carbonyl (C=O) groups excluding carboxylic acids is 1. The summed E-state index contributed by atoms with van der Waals surface area (Å²) in [6.45, 7) is 0. The first-order valence-corrected chi connectivity index (χ1v) is 2.53. The van der Waals surface area contributed by atoms with Crippen LogP contribution in [0.5, 0.6) is 0 Å². The number of ketones is 1. The van der Waals surface area contributed by atoms with Gasteiger partial charge in [-0.05, 0) is 0 Å². The van der Waals surface area contributed by atoms with E-state index in [2.05, 4.69) is 0 Å². The second kappa shape index (κ2) is 0.892. The summed E-state index contributed by atoms with van der Waals surface area (Å²) in [6, 6.07) is 0. The Morgan fingerprint density at radius 3 is 2.29 bits per heavy atom. The maximum Gasteiger partial charge on any atom is 0.138 e. The van der Waals surface area contributed by atoms with Gasteiger partial charge in [0.2, 0.25) is 0 Å².